The Balaban J connectivity index is 2.80. The Hall–Kier alpha value is -1.10. The number of rotatable bonds is 6. The van der Waals surface area contributed by atoms with Crippen molar-refractivity contribution in [2.75, 3.05) is 27.7 Å². The molecule has 2 N–H and O–H groups in total. The fourth-order valence-corrected chi connectivity index (χ4v) is 2.01. The number of carbonyl (C=O) groups excluding carboxylic acids is 1. The van der Waals surface area contributed by atoms with Crippen LogP contribution in [0, 0.1) is 0 Å². The van der Waals surface area contributed by atoms with Crippen LogP contribution >= 0.6 is 11.6 Å². The minimum Gasteiger partial charge on any atom is -0.353 e. The van der Waals surface area contributed by atoms with Gasteiger partial charge in [0.15, 0.2) is 0 Å². The summed E-state index contributed by atoms with van der Waals surface area (Å²) < 4.78 is 0. The quantitative estimate of drug-likeness (QED) is 0.835. The van der Waals surface area contributed by atoms with E-state index in [-0.39, 0.29) is 18.0 Å². The zero-order valence-electron chi connectivity index (χ0n) is 11.9. The Kier molecular flexibility index (Phi) is 6.28. The fourth-order valence-electron chi connectivity index (χ4n) is 1.81. The number of nitrogens with one attached hydrogen (secondary N) is 2. The number of hydrogen-bond donors (Lipinski definition) is 2. The Morgan fingerprint density at radius 1 is 1.42 bits per heavy atom. The smallest absolute Gasteiger partial charge is 0.241 e. The van der Waals surface area contributed by atoms with Crippen LogP contribution in [-0.4, -0.2) is 44.5 Å². The van der Waals surface area contributed by atoms with Gasteiger partial charge in [-0.1, -0.05) is 23.7 Å². The lowest BCUT2D eigenvalue weighted by Crippen LogP contribution is -2.42. The zero-order chi connectivity index (χ0) is 14.4. The maximum Gasteiger partial charge on any atom is 0.241 e. The summed E-state index contributed by atoms with van der Waals surface area (Å²) in [5, 5.41) is 6.67. The molecule has 0 aromatic heterocycles. The number of benzene rings is 1. The Labute approximate surface area is 120 Å². The van der Waals surface area contributed by atoms with E-state index in [0.29, 0.717) is 11.6 Å². The summed E-state index contributed by atoms with van der Waals surface area (Å²) in [6, 6.07) is 7.32. The SMILES string of the molecule is CNC(C)CNC(=O)C(c1cccc(Cl)c1)N(C)C. The van der Waals surface area contributed by atoms with Gasteiger partial charge in [-0.15, -0.1) is 0 Å². The largest absolute Gasteiger partial charge is 0.353 e. The van der Waals surface area contributed by atoms with Gasteiger partial charge in [-0.05, 0) is 45.8 Å². The molecule has 0 bridgehead atoms. The second-order valence-electron chi connectivity index (χ2n) is 4.86. The number of halogens is 1. The molecule has 106 valence electrons. The van der Waals surface area contributed by atoms with Gasteiger partial charge in [0.05, 0.1) is 0 Å². The van der Waals surface area contributed by atoms with Gasteiger partial charge in [-0.2, -0.15) is 0 Å². The molecule has 0 spiro atoms. The van der Waals surface area contributed by atoms with Crippen molar-refractivity contribution >= 4 is 17.5 Å². The molecular formula is C14H22ClN3O. The molecule has 2 atom stereocenters. The average molecular weight is 284 g/mol. The molecule has 1 rings (SSSR count). The molecule has 0 heterocycles. The normalized spacial score (nSPS) is 14.2. The molecule has 1 amide bonds. The highest BCUT2D eigenvalue weighted by Crippen LogP contribution is 2.21. The second-order valence-corrected chi connectivity index (χ2v) is 5.29. The number of carbonyl (C=O) groups is 1. The molecule has 0 aliphatic heterocycles. The van der Waals surface area contributed by atoms with E-state index in [1.807, 2.05) is 51.2 Å². The summed E-state index contributed by atoms with van der Waals surface area (Å²) in [6.45, 7) is 2.62. The van der Waals surface area contributed by atoms with Crippen LogP contribution in [0.1, 0.15) is 18.5 Å². The predicted molar refractivity (Wildman–Crippen MR) is 79.4 cm³/mol. The lowest BCUT2D eigenvalue weighted by Gasteiger charge is -2.24. The van der Waals surface area contributed by atoms with E-state index in [4.69, 9.17) is 11.6 Å². The lowest BCUT2D eigenvalue weighted by molar-refractivity contribution is -0.125. The van der Waals surface area contributed by atoms with Crippen LogP contribution in [0.5, 0.6) is 0 Å². The van der Waals surface area contributed by atoms with Gasteiger partial charge in [-0.3, -0.25) is 9.69 Å². The molecule has 19 heavy (non-hydrogen) atoms. The van der Waals surface area contributed by atoms with Gasteiger partial charge in [0.25, 0.3) is 0 Å². The molecule has 0 fully saturated rings. The zero-order valence-corrected chi connectivity index (χ0v) is 12.7. The summed E-state index contributed by atoms with van der Waals surface area (Å²) in [5.41, 5.74) is 0.895. The molecule has 0 saturated heterocycles. The van der Waals surface area contributed by atoms with Crippen molar-refractivity contribution in [1.29, 1.82) is 0 Å². The van der Waals surface area contributed by atoms with Crippen LogP contribution in [0.25, 0.3) is 0 Å². The Morgan fingerprint density at radius 2 is 2.11 bits per heavy atom. The van der Waals surface area contributed by atoms with Crippen LogP contribution in [0.3, 0.4) is 0 Å². The van der Waals surface area contributed by atoms with Crippen molar-refractivity contribution in [3.05, 3.63) is 34.9 Å². The fraction of sp³-hybridized carbons (Fsp3) is 0.500. The highest BCUT2D eigenvalue weighted by molar-refractivity contribution is 6.30. The molecule has 0 aliphatic carbocycles. The standard InChI is InChI=1S/C14H22ClN3O/c1-10(16-2)9-17-14(19)13(18(3)4)11-6-5-7-12(15)8-11/h5-8,10,13,16H,9H2,1-4H3,(H,17,19). The van der Waals surface area contributed by atoms with Crippen molar-refractivity contribution in [1.82, 2.24) is 15.5 Å². The third-order valence-electron chi connectivity index (χ3n) is 3.00. The van der Waals surface area contributed by atoms with Crippen LogP contribution in [0.15, 0.2) is 24.3 Å². The molecule has 0 aliphatic rings. The van der Waals surface area contributed by atoms with Gasteiger partial charge < -0.3 is 10.6 Å². The first-order valence-electron chi connectivity index (χ1n) is 6.32. The van der Waals surface area contributed by atoms with Gasteiger partial charge in [-0.25, -0.2) is 0 Å². The summed E-state index contributed by atoms with van der Waals surface area (Å²) in [6.07, 6.45) is 0. The van der Waals surface area contributed by atoms with Gasteiger partial charge >= 0.3 is 0 Å². The van der Waals surface area contributed by atoms with Gasteiger partial charge in [0.2, 0.25) is 5.91 Å². The topological polar surface area (TPSA) is 44.4 Å². The number of hydrogen-bond acceptors (Lipinski definition) is 3. The van der Waals surface area contributed by atoms with E-state index in [2.05, 4.69) is 10.6 Å². The summed E-state index contributed by atoms with van der Waals surface area (Å²) >= 11 is 5.99. The summed E-state index contributed by atoms with van der Waals surface area (Å²) in [4.78, 5) is 14.2. The molecule has 0 radical (unpaired) electrons. The first-order chi connectivity index (χ1) is 8.95. The van der Waals surface area contributed by atoms with Crippen molar-refractivity contribution in [3.63, 3.8) is 0 Å². The highest BCUT2D eigenvalue weighted by Gasteiger charge is 2.23. The lowest BCUT2D eigenvalue weighted by atomic mass is 10.1. The van der Waals surface area contributed by atoms with E-state index >= 15 is 0 Å². The predicted octanol–water partition coefficient (Wildman–Crippen LogP) is 1.67. The first kappa shape index (κ1) is 16.0. The van der Waals surface area contributed by atoms with Crippen molar-refractivity contribution in [3.8, 4) is 0 Å². The van der Waals surface area contributed by atoms with Crippen molar-refractivity contribution in [2.24, 2.45) is 0 Å². The van der Waals surface area contributed by atoms with Crippen LogP contribution in [0.4, 0.5) is 0 Å². The third-order valence-corrected chi connectivity index (χ3v) is 3.24. The maximum absolute atomic E-state index is 12.3. The average Bonchev–Trinajstić information content (AvgIpc) is 2.35. The van der Waals surface area contributed by atoms with Crippen LogP contribution < -0.4 is 10.6 Å². The molecular weight excluding hydrogens is 262 g/mol. The van der Waals surface area contributed by atoms with E-state index in [9.17, 15) is 4.79 Å². The Morgan fingerprint density at radius 3 is 2.63 bits per heavy atom. The van der Waals surface area contributed by atoms with Crippen molar-refractivity contribution < 1.29 is 4.79 Å². The van der Waals surface area contributed by atoms with Crippen LogP contribution in [0.2, 0.25) is 5.02 Å². The maximum atomic E-state index is 12.3. The number of likely N-dealkylation sites (N-methyl/N-ethyl adjacent to an activating group) is 2. The second kappa shape index (κ2) is 7.48. The van der Waals surface area contributed by atoms with Gasteiger partial charge in [0, 0.05) is 17.6 Å². The summed E-state index contributed by atoms with van der Waals surface area (Å²) in [5.74, 6) is -0.0191. The minimum absolute atomic E-state index is 0.0191. The van der Waals surface area contributed by atoms with E-state index in [1.54, 1.807) is 6.07 Å². The molecule has 1 aromatic carbocycles. The molecule has 4 nitrogen and oxygen atoms in total. The monoisotopic (exact) mass is 283 g/mol. The third kappa shape index (κ3) is 4.82. The molecule has 2 unspecified atom stereocenters. The molecule has 0 saturated carbocycles. The molecule has 5 heteroatoms. The van der Waals surface area contributed by atoms with E-state index in [1.165, 1.54) is 0 Å². The van der Waals surface area contributed by atoms with E-state index < -0.39 is 0 Å². The van der Waals surface area contributed by atoms with E-state index in [0.717, 1.165) is 5.56 Å². The van der Waals surface area contributed by atoms with Gasteiger partial charge in [0.1, 0.15) is 6.04 Å². The molecule has 1 aromatic rings. The summed E-state index contributed by atoms with van der Waals surface area (Å²) in [7, 11) is 5.64. The first-order valence-corrected chi connectivity index (χ1v) is 6.70. The number of nitrogens with zero attached hydrogens (tertiary/aromatic N) is 1. The van der Waals surface area contributed by atoms with Crippen LogP contribution in [-0.2, 0) is 4.79 Å². The minimum atomic E-state index is -0.331. The number of amides is 1. The van der Waals surface area contributed by atoms with Crippen molar-refractivity contribution in [2.45, 2.75) is 19.0 Å². The highest BCUT2D eigenvalue weighted by atomic mass is 35.5. The Bertz CT molecular complexity index is 423.